The van der Waals surface area contributed by atoms with Gasteiger partial charge in [-0.05, 0) is 48.6 Å². The molecule has 1 atom stereocenters. The van der Waals surface area contributed by atoms with Crippen LogP contribution in [0.1, 0.15) is 52.5 Å². The smallest absolute Gasteiger partial charge is 0.278 e. The summed E-state index contributed by atoms with van der Waals surface area (Å²) in [5.41, 5.74) is 2.30. The number of carbonyl (C=O) groups is 1. The lowest BCUT2D eigenvalue weighted by molar-refractivity contribution is 0.0255. The Morgan fingerprint density at radius 1 is 1.06 bits per heavy atom. The van der Waals surface area contributed by atoms with Crippen molar-refractivity contribution in [1.82, 2.24) is 9.58 Å². The van der Waals surface area contributed by atoms with Crippen molar-refractivity contribution in [3.8, 4) is 11.5 Å². The third-order valence-electron chi connectivity index (χ3n) is 7.91. The van der Waals surface area contributed by atoms with Crippen LogP contribution < -0.4 is 15.2 Å². The molecule has 2 aromatic carbocycles. The zero-order valence-corrected chi connectivity index (χ0v) is 20.4. The van der Waals surface area contributed by atoms with Crippen LogP contribution in [0.3, 0.4) is 0 Å². The molecular formula is C28H25N3O4S. The summed E-state index contributed by atoms with van der Waals surface area (Å²) in [6, 6.07) is 15.5. The van der Waals surface area contributed by atoms with Crippen molar-refractivity contribution in [3.63, 3.8) is 0 Å². The molecule has 7 nitrogen and oxygen atoms in total. The van der Waals surface area contributed by atoms with Gasteiger partial charge in [0.15, 0.2) is 11.4 Å². The summed E-state index contributed by atoms with van der Waals surface area (Å²) in [5, 5.41) is 13.0. The van der Waals surface area contributed by atoms with Crippen LogP contribution in [0.5, 0.6) is 11.5 Å². The molecule has 2 bridgehead atoms. The van der Waals surface area contributed by atoms with Crippen molar-refractivity contribution in [2.45, 2.75) is 41.5 Å². The van der Waals surface area contributed by atoms with Crippen LogP contribution in [-0.4, -0.2) is 39.4 Å². The number of thioether (sulfide) groups is 1. The lowest BCUT2D eigenvalue weighted by Gasteiger charge is -2.54. The van der Waals surface area contributed by atoms with Gasteiger partial charge in [-0.1, -0.05) is 36.4 Å². The molecule has 1 N–H and O–H groups in total. The van der Waals surface area contributed by atoms with Crippen molar-refractivity contribution in [2.24, 2.45) is 0 Å². The highest BCUT2D eigenvalue weighted by molar-refractivity contribution is 7.98. The first kappa shape index (κ1) is 21.6. The van der Waals surface area contributed by atoms with Gasteiger partial charge < -0.3 is 14.7 Å². The fourth-order valence-corrected chi connectivity index (χ4v) is 7.05. The first-order valence-corrected chi connectivity index (χ1v) is 13.2. The number of aromatic hydroxyl groups is 1. The number of hydrogen-bond donors (Lipinski definition) is 1. The lowest BCUT2D eigenvalue weighted by atomic mass is 9.74. The van der Waals surface area contributed by atoms with Gasteiger partial charge in [0.25, 0.3) is 5.91 Å². The van der Waals surface area contributed by atoms with Gasteiger partial charge in [0, 0.05) is 28.5 Å². The minimum atomic E-state index is -0.555. The largest absolute Gasteiger partial charge is 0.502 e. The van der Waals surface area contributed by atoms with Gasteiger partial charge >= 0.3 is 0 Å². The monoisotopic (exact) mass is 499 g/mol. The van der Waals surface area contributed by atoms with Crippen LogP contribution in [0.2, 0.25) is 0 Å². The molecule has 0 radical (unpaired) electrons. The second kappa shape index (κ2) is 7.93. The summed E-state index contributed by atoms with van der Waals surface area (Å²) in [7, 11) is 0. The van der Waals surface area contributed by atoms with E-state index in [0.717, 1.165) is 52.4 Å². The topological polar surface area (TPSA) is 75.0 Å². The fourth-order valence-electron chi connectivity index (χ4n) is 5.97. The van der Waals surface area contributed by atoms with Crippen molar-refractivity contribution < 1.29 is 14.6 Å². The summed E-state index contributed by atoms with van der Waals surface area (Å²) in [6.07, 6.45) is 8.36. The molecule has 0 unspecified atom stereocenters. The zero-order chi connectivity index (χ0) is 24.4. The molecule has 3 aliphatic heterocycles. The second-order valence-electron chi connectivity index (χ2n) is 9.76. The number of nitrogens with zero attached hydrogens (tertiary/aromatic N) is 3. The average molecular weight is 500 g/mol. The predicted molar refractivity (Wildman–Crippen MR) is 137 cm³/mol. The van der Waals surface area contributed by atoms with Crippen LogP contribution in [0.4, 0.5) is 0 Å². The molecule has 1 saturated carbocycles. The van der Waals surface area contributed by atoms with Crippen molar-refractivity contribution >= 4 is 17.7 Å². The van der Waals surface area contributed by atoms with Crippen molar-refractivity contribution in [1.29, 1.82) is 0 Å². The molecule has 1 aliphatic carbocycles. The number of ether oxygens (including phenoxy) is 1. The quantitative estimate of drug-likeness (QED) is 0.468. The fraction of sp³-hybridized carbons (Fsp3) is 0.286. The third-order valence-corrected chi connectivity index (χ3v) is 9.05. The molecule has 4 aliphatic rings. The van der Waals surface area contributed by atoms with Crippen molar-refractivity contribution in [3.05, 3.63) is 99.5 Å². The molecule has 182 valence electrons. The first-order valence-electron chi connectivity index (χ1n) is 12.2. The van der Waals surface area contributed by atoms with Crippen LogP contribution in [0.15, 0.2) is 76.6 Å². The maximum atomic E-state index is 13.9. The molecular weight excluding hydrogens is 474 g/mol. The number of amides is 1. The maximum Gasteiger partial charge on any atom is 0.278 e. The Kier molecular flexibility index (Phi) is 4.76. The summed E-state index contributed by atoms with van der Waals surface area (Å²) in [4.78, 5) is 29.4. The SMILES string of the molecule is O=C1c2c(O)c(=O)ccn2N2CN1C1(/C=C\COc3cccc4c3[C@H]2c2ccccc2SC4)CCC1. The van der Waals surface area contributed by atoms with Crippen LogP contribution >= 0.6 is 11.8 Å². The minimum absolute atomic E-state index is 0.0157. The molecule has 4 heterocycles. The number of fused-ring (bicyclic) bond motifs is 8. The summed E-state index contributed by atoms with van der Waals surface area (Å²) >= 11 is 1.78. The van der Waals surface area contributed by atoms with Crippen LogP contribution in [-0.2, 0) is 5.75 Å². The van der Waals surface area contributed by atoms with E-state index in [1.807, 2.05) is 35.2 Å². The molecule has 7 rings (SSSR count). The molecule has 1 amide bonds. The average Bonchev–Trinajstić information content (AvgIpc) is 3.04. The molecule has 3 aromatic rings. The highest BCUT2D eigenvalue weighted by Gasteiger charge is 2.49. The Morgan fingerprint density at radius 2 is 1.92 bits per heavy atom. The van der Waals surface area contributed by atoms with E-state index in [1.54, 1.807) is 22.6 Å². The van der Waals surface area contributed by atoms with Gasteiger partial charge in [-0.25, -0.2) is 0 Å². The van der Waals surface area contributed by atoms with Gasteiger partial charge in [0.05, 0.1) is 5.54 Å². The van der Waals surface area contributed by atoms with Crippen LogP contribution in [0.25, 0.3) is 0 Å². The van der Waals surface area contributed by atoms with E-state index in [4.69, 9.17) is 4.74 Å². The lowest BCUT2D eigenvalue weighted by Crippen LogP contribution is -2.64. The number of hydrogen-bond acceptors (Lipinski definition) is 6. The number of aromatic nitrogens is 1. The van der Waals surface area contributed by atoms with E-state index < -0.39 is 16.7 Å². The Bertz CT molecular complexity index is 1490. The number of benzene rings is 2. The third kappa shape index (κ3) is 3.00. The Balaban J connectivity index is 1.56. The number of pyridine rings is 1. The zero-order valence-electron chi connectivity index (χ0n) is 19.6. The Labute approximate surface area is 212 Å². The summed E-state index contributed by atoms with van der Waals surface area (Å²) < 4.78 is 8.05. The predicted octanol–water partition coefficient (Wildman–Crippen LogP) is 4.17. The van der Waals surface area contributed by atoms with Gasteiger partial charge in [-0.2, -0.15) is 0 Å². The van der Waals surface area contributed by atoms with Gasteiger partial charge in [-0.3, -0.25) is 19.3 Å². The molecule has 1 spiro atoms. The summed E-state index contributed by atoms with van der Waals surface area (Å²) in [5.74, 6) is 0.764. The van der Waals surface area contributed by atoms with E-state index in [0.29, 0.717) is 13.3 Å². The molecule has 8 heteroatoms. The summed E-state index contributed by atoms with van der Waals surface area (Å²) in [6.45, 7) is 0.716. The Hall–Kier alpha value is -3.65. The second-order valence-corrected chi connectivity index (χ2v) is 10.8. The standard InChI is InChI=1S/C28H25N3O4S/c32-20-10-14-30-25(26(20)33)27(34)29-17-31(30)24-19-7-1-2-9-22(19)36-16-18-6-3-8-21(23(18)24)35-15-5-13-28(29)11-4-12-28/h1-3,5-10,13-14,24,33H,4,11-12,15-17H2/b13-5-/t24-/m1/s1. The van der Waals surface area contributed by atoms with E-state index in [1.165, 1.54) is 6.07 Å². The Morgan fingerprint density at radius 3 is 2.75 bits per heavy atom. The van der Waals surface area contributed by atoms with Crippen LogP contribution in [0, 0.1) is 0 Å². The molecule has 1 fully saturated rings. The van der Waals surface area contributed by atoms with E-state index >= 15 is 0 Å². The van der Waals surface area contributed by atoms with E-state index in [9.17, 15) is 14.7 Å². The highest BCUT2D eigenvalue weighted by atomic mass is 32.2. The van der Waals surface area contributed by atoms with E-state index in [2.05, 4.69) is 29.3 Å². The first-order chi connectivity index (χ1) is 17.6. The van der Waals surface area contributed by atoms with Crippen molar-refractivity contribution in [2.75, 3.05) is 18.3 Å². The minimum Gasteiger partial charge on any atom is -0.502 e. The molecule has 0 saturated heterocycles. The van der Waals surface area contributed by atoms with Gasteiger partial charge in [-0.15, -0.1) is 11.8 Å². The number of carbonyl (C=O) groups excluding carboxylic acids is 1. The highest BCUT2D eigenvalue weighted by Crippen LogP contribution is 2.48. The number of rotatable bonds is 0. The molecule has 1 aromatic heterocycles. The maximum absolute atomic E-state index is 13.9. The van der Waals surface area contributed by atoms with E-state index in [-0.39, 0.29) is 17.6 Å². The molecule has 36 heavy (non-hydrogen) atoms. The normalized spacial score (nSPS) is 22.2. The van der Waals surface area contributed by atoms with Gasteiger partial charge in [0.2, 0.25) is 5.43 Å². The van der Waals surface area contributed by atoms with Gasteiger partial charge in [0.1, 0.15) is 25.1 Å².